The van der Waals surface area contributed by atoms with Crippen LogP contribution in [0.3, 0.4) is 0 Å². The van der Waals surface area contributed by atoms with Gasteiger partial charge < -0.3 is 4.90 Å². The molecular weight excluding hydrogens is 442 g/mol. The molecule has 160 valence electrons. The van der Waals surface area contributed by atoms with Crippen LogP contribution in [0.1, 0.15) is 27.3 Å². The zero-order chi connectivity index (χ0) is 22.2. The topological polar surface area (TPSA) is 135 Å². The summed E-state index contributed by atoms with van der Waals surface area (Å²) in [6.07, 6.45) is 1.25. The molecular formula is C19H17N5O5S2. The van der Waals surface area contributed by atoms with E-state index in [9.17, 15) is 23.3 Å². The van der Waals surface area contributed by atoms with E-state index in [4.69, 9.17) is 0 Å². The Balaban J connectivity index is 1.63. The number of nitrogens with zero attached hydrogens (tertiary/aromatic N) is 4. The van der Waals surface area contributed by atoms with Crippen molar-refractivity contribution >= 4 is 43.8 Å². The zero-order valence-corrected chi connectivity index (χ0v) is 17.9. The Labute approximate surface area is 181 Å². The number of benzene rings is 2. The van der Waals surface area contributed by atoms with Crippen molar-refractivity contribution in [3.05, 3.63) is 68.7 Å². The molecule has 3 aromatic rings. The monoisotopic (exact) mass is 459 g/mol. The van der Waals surface area contributed by atoms with Crippen LogP contribution in [0, 0.1) is 17.0 Å². The van der Waals surface area contributed by atoms with Gasteiger partial charge in [0.25, 0.3) is 21.6 Å². The molecule has 1 aliphatic heterocycles. The molecule has 0 saturated heterocycles. The molecule has 0 aliphatic carbocycles. The molecule has 2 heterocycles. The van der Waals surface area contributed by atoms with Gasteiger partial charge in [-0.05, 0) is 49.6 Å². The van der Waals surface area contributed by atoms with E-state index in [0.29, 0.717) is 35.6 Å². The Bertz CT molecular complexity index is 1290. The fraction of sp³-hybridized carbons (Fsp3) is 0.211. The number of amides is 1. The molecule has 1 aliphatic rings. The summed E-state index contributed by atoms with van der Waals surface area (Å²) >= 11 is 1.13. The Morgan fingerprint density at radius 3 is 2.74 bits per heavy atom. The van der Waals surface area contributed by atoms with Gasteiger partial charge in [-0.2, -0.15) is 0 Å². The lowest BCUT2D eigenvalue weighted by Gasteiger charge is -2.30. The van der Waals surface area contributed by atoms with Crippen LogP contribution in [0.15, 0.2) is 47.4 Å². The number of nitro benzene ring substituents is 1. The quantitative estimate of drug-likeness (QED) is 0.457. The maximum Gasteiger partial charge on any atom is 0.270 e. The molecule has 4 rings (SSSR count). The second kappa shape index (κ2) is 8.04. The number of non-ortho nitro benzene ring substituents is 1. The van der Waals surface area contributed by atoms with Crippen molar-refractivity contribution in [2.45, 2.75) is 24.7 Å². The first-order valence-electron chi connectivity index (χ1n) is 9.27. The van der Waals surface area contributed by atoms with Gasteiger partial charge >= 0.3 is 0 Å². The second-order valence-electron chi connectivity index (χ2n) is 6.89. The first kappa shape index (κ1) is 20.9. The largest absolute Gasteiger partial charge is 0.308 e. The number of hydrogen-bond acceptors (Lipinski definition) is 8. The van der Waals surface area contributed by atoms with E-state index in [1.807, 2.05) is 0 Å². The molecule has 0 unspecified atom stereocenters. The summed E-state index contributed by atoms with van der Waals surface area (Å²) in [5.74, 6) is -0.372. The maximum absolute atomic E-state index is 13.0. The fourth-order valence-electron chi connectivity index (χ4n) is 3.37. The smallest absolute Gasteiger partial charge is 0.270 e. The van der Waals surface area contributed by atoms with E-state index in [-0.39, 0.29) is 27.2 Å². The SMILES string of the molecule is Cc1nnc(NS(=O)(=O)c2ccc3c(c2)CCCN3C(=O)c2cccc([N+](=O)[O-])c2)s1. The summed E-state index contributed by atoms with van der Waals surface area (Å²) in [6.45, 7) is 2.16. The highest BCUT2D eigenvalue weighted by molar-refractivity contribution is 7.93. The van der Waals surface area contributed by atoms with Gasteiger partial charge in [-0.15, -0.1) is 10.2 Å². The minimum atomic E-state index is -3.86. The van der Waals surface area contributed by atoms with Crippen LogP contribution in [-0.2, 0) is 16.4 Å². The molecule has 1 aromatic heterocycles. The van der Waals surface area contributed by atoms with Crippen molar-refractivity contribution in [3.8, 4) is 0 Å². The Hall–Kier alpha value is -3.38. The van der Waals surface area contributed by atoms with Gasteiger partial charge in [0, 0.05) is 29.9 Å². The molecule has 12 heteroatoms. The van der Waals surface area contributed by atoms with Crippen LogP contribution >= 0.6 is 11.3 Å². The standard InChI is InChI=1S/C19H17N5O5S2/c1-12-20-21-19(30-12)22-31(28,29)16-7-8-17-13(11-16)5-3-9-23(17)18(25)14-4-2-6-15(10-14)24(26)27/h2,4,6-8,10-11H,3,5,9H2,1H3,(H,21,22). The fourth-order valence-corrected chi connectivity index (χ4v) is 5.24. The summed E-state index contributed by atoms with van der Waals surface area (Å²) in [4.78, 5) is 25.1. The number of anilines is 2. The number of nitrogens with one attached hydrogen (secondary N) is 1. The second-order valence-corrected chi connectivity index (χ2v) is 9.75. The first-order valence-corrected chi connectivity index (χ1v) is 11.6. The van der Waals surface area contributed by atoms with Gasteiger partial charge in [0.1, 0.15) is 5.01 Å². The number of carbonyl (C=O) groups excluding carboxylic acids is 1. The molecule has 0 fully saturated rings. The van der Waals surface area contributed by atoms with Crippen LogP contribution < -0.4 is 9.62 Å². The van der Waals surface area contributed by atoms with Crippen LogP contribution in [-0.4, -0.2) is 36.0 Å². The molecule has 0 spiro atoms. The number of sulfonamides is 1. The van der Waals surface area contributed by atoms with Crippen LogP contribution in [0.2, 0.25) is 0 Å². The third-order valence-corrected chi connectivity index (χ3v) is 7.00. The number of aromatic nitrogens is 2. The molecule has 0 atom stereocenters. The lowest BCUT2D eigenvalue weighted by atomic mass is 10.0. The van der Waals surface area contributed by atoms with E-state index in [2.05, 4.69) is 14.9 Å². The average molecular weight is 460 g/mol. The molecule has 0 bridgehead atoms. The molecule has 2 aromatic carbocycles. The number of rotatable bonds is 5. The van der Waals surface area contributed by atoms with E-state index in [1.54, 1.807) is 19.1 Å². The first-order chi connectivity index (χ1) is 14.7. The Morgan fingerprint density at radius 2 is 2.03 bits per heavy atom. The van der Waals surface area contributed by atoms with Gasteiger partial charge in [-0.1, -0.05) is 17.4 Å². The minimum Gasteiger partial charge on any atom is -0.308 e. The van der Waals surface area contributed by atoms with Crippen molar-refractivity contribution in [1.82, 2.24) is 10.2 Å². The average Bonchev–Trinajstić information content (AvgIpc) is 3.16. The highest BCUT2D eigenvalue weighted by Crippen LogP contribution is 2.31. The van der Waals surface area contributed by atoms with Crippen LogP contribution in [0.25, 0.3) is 0 Å². The van der Waals surface area contributed by atoms with E-state index < -0.39 is 14.9 Å². The van der Waals surface area contributed by atoms with E-state index >= 15 is 0 Å². The van der Waals surface area contributed by atoms with Crippen molar-refractivity contribution in [2.75, 3.05) is 16.2 Å². The number of aryl methyl sites for hydroxylation is 2. The highest BCUT2D eigenvalue weighted by Gasteiger charge is 2.27. The van der Waals surface area contributed by atoms with Gasteiger partial charge in [-0.3, -0.25) is 19.6 Å². The van der Waals surface area contributed by atoms with Gasteiger partial charge in [0.2, 0.25) is 5.13 Å². The minimum absolute atomic E-state index is 0.0590. The number of fused-ring (bicyclic) bond motifs is 1. The molecule has 0 saturated carbocycles. The maximum atomic E-state index is 13.0. The highest BCUT2D eigenvalue weighted by atomic mass is 32.2. The Kier molecular flexibility index (Phi) is 5.41. The third-order valence-electron chi connectivity index (χ3n) is 4.78. The predicted molar refractivity (Wildman–Crippen MR) is 115 cm³/mol. The van der Waals surface area contributed by atoms with Crippen molar-refractivity contribution in [3.63, 3.8) is 0 Å². The van der Waals surface area contributed by atoms with E-state index in [1.165, 1.54) is 35.2 Å². The molecule has 31 heavy (non-hydrogen) atoms. The lowest BCUT2D eigenvalue weighted by Crippen LogP contribution is -2.35. The van der Waals surface area contributed by atoms with Gasteiger partial charge in [0.15, 0.2) is 0 Å². The molecule has 1 N–H and O–H groups in total. The number of hydrogen-bond donors (Lipinski definition) is 1. The zero-order valence-electron chi connectivity index (χ0n) is 16.3. The Morgan fingerprint density at radius 1 is 1.23 bits per heavy atom. The van der Waals surface area contributed by atoms with Crippen molar-refractivity contribution < 1.29 is 18.1 Å². The number of nitro groups is 1. The normalized spacial score (nSPS) is 13.5. The molecule has 10 nitrogen and oxygen atoms in total. The molecule has 0 radical (unpaired) electrons. The third kappa shape index (κ3) is 4.25. The van der Waals surface area contributed by atoms with Gasteiger partial charge in [-0.25, -0.2) is 8.42 Å². The van der Waals surface area contributed by atoms with Gasteiger partial charge in [0.05, 0.1) is 9.82 Å². The summed E-state index contributed by atoms with van der Waals surface area (Å²) in [7, 11) is -3.86. The lowest BCUT2D eigenvalue weighted by molar-refractivity contribution is -0.384. The van der Waals surface area contributed by atoms with Crippen LogP contribution in [0.4, 0.5) is 16.5 Å². The number of carbonyl (C=O) groups is 1. The molecule has 1 amide bonds. The summed E-state index contributed by atoms with van der Waals surface area (Å²) in [5, 5.41) is 19.4. The van der Waals surface area contributed by atoms with Crippen molar-refractivity contribution in [1.29, 1.82) is 0 Å². The van der Waals surface area contributed by atoms with Crippen LogP contribution in [0.5, 0.6) is 0 Å². The van der Waals surface area contributed by atoms with Crippen molar-refractivity contribution in [2.24, 2.45) is 0 Å². The summed E-state index contributed by atoms with van der Waals surface area (Å²) < 4.78 is 27.8. The predicted octanol–water partition coefficient (Wildman–Crippen LogP) is 3.15. The summed E-state index contributed by atoms with van der Waals surface area (Å²) in [6, 6.07) is 10.1. The van der Waals surface area contributed by atoms with E-state index in [0.717, 1.165) is 11.3 Å². The summed E-state index contributed by atoms with van der Waals surface area (Å²) in [5.41, 5.74) is 1.34.